The molecular formula is C19H34N4. The number of aliphatic imine (C=N–C) groups is 1. The SMILES string of the molecule is CC(C)CCCC(C)NC(N)=NCc1ccccc1CN(C)C. The summed E-state index contributed by atoms with van der Waals surface area (Å²) in [6.07, 6.45) is 3.62. The van der Waals surface area contributed by atoms with Crippen LogP contribution in [0.1, 0.15) is 51.2 Å². The van der Waals surface area contributed by atoms with Gasteiger partial charge in [0, 0.05) is 12.6 Å². The Labute approximate surface area is 142 Å². The summed E-state index contributed by atoms with van der Waals surface area (Å²) < 4.78 is 0. The number of nitrogens with two attached hydrogens (primary N) is 1. The molecule has 23 heavy (non-hydrogen) atoms. The molecule has 1 aromatic carbocycles. The first-order valence-corrected chi connectivity index (χ1v) is 8.66. The first kappa shape index (κ1) is 19.5. The van der Waals surface area contributed by atoms with Gasteiger partial charge in [-0.2, -0.15) is 0 Å². The molecule has 3 N–H and O–H groups in total. The Bertz CT molecular complexity index is 480. The summed E-state index contributed by atoms with van der Waals surface area (Å²) in [6.45, 7) is 8.24. The Morgan fingerprint density at radius 2 is 1.78 bits per heavy atom. The molecule has 130 valence electrons. The van der Waals surface area contributed by atoms with Crippen molar-refractivity contribution in [2.45, 2.75) is 59.2 Å². The van der Waals surface area contributed by atoms with Crippen molar-refractivity contribution in [2.24, 2.45) is 16.6 Å². The van der Waals surface area contributed by atoms with Crippen LogP contribution in [0.2, 0.25) is 0 Å². The second-order valence-corrected chi connectivity index (χ2v) is 7.08. The minimum Gasteiger partial charge on any atom is -0.370 e. The van der Waals surface area contributed by atoms with Crippen molar-refractivity contribution in [3.05, 3.63) is 35.4 Å². The van der Waals surface area contributed by atoms with Gasteiger partial charge in [-0.05, 0) is 44.5 Å². The van der Waals surface area contributed by atoms with E-state index < -0.39 is 0 Å². The second kappa shape index (κ2) is 10.3. The van der Waals surface area contributed by atoms with E-state index in [0.717, 1.165) is 18.9 Å². The molecule has 0 amide bonds. The fourth-order valence-corrected chi connectivity index (χ4v) is 2.58. The third-order valence-corrected chi connectivity index (χ3v) is 3.84. The van der Waals surface area contributed by atoms with Crippen LogP contribution in [0.15, 0.2) is 29.3 Å². The molecule has 1 unspecified atom stereocenters. The normalized spacial score (nSPS) is 13.6. The van der Waals surface area contributed by atoms with Crippen LogP contribution in [0.5, 0.6) is 0 Å². The Kier molecular flexibility index (Phi) is 8.70. The standard InChI is InChI=1S/C19H34N4/c1-15(2)9-8-10-16(3)22-19(20)21-13-17-11-6-7-12-18(17)14-23(4)5/h6-7,11-12,15-16H,8-10,13-14H2,1-5H3,(H3,20,21,22). The van der Waals surface area contributed by atoms with E-state index in [-0.39, 0.29) is 0 Å². The van der Waals surface area contributed by atoms with Crippen molar-refractivity contribution >= 4 is 5.96 Å². The smallest absolute Gasteiger partial charge is 0.189 e. The van der Waals surface area contributed by atoms with E-state index in [2.05, 4.69) is 74.3 Å². The summed E-state index contributed by atoms with van der Waals surface area (Å²) in [5, 5.41) is 3.30. The van der Waals surface area contributed by atoms with Gasteiger partial charge in [-0.1, -0.05) is 51.0 Å². The summed E-state index contributed by atoms with van der Waals surface area (Å²) in [5.74, 6) is 1.31. The maximum absolute atomic E-state index is 6.03. The van der Waals surface area contributed by atoms with Gasteiger partial charge >= 0.3 is 0 Å². The highest BCUT2D eigenvalue weighted by molar-refractivity contribution is 5.78. The molecule has 1 rings (SSSR count). The molecule has 1 atom stereocenters. The van der Waals surface area contributed by atoms with E-state index in [1.54, 1.807) is 0 Å². The zero-order valence-corrected chi connectivity index (χ0v) is 15.5. The van der Waals surface area contributed by atoms with E-state index >= 15 is 0 Å². The van der Waals surface area contributed by atoms with E-state index in [1.807, 2.05) is 0 Å². The third kappa shape index (κ3) is 8.60. The highest BCUT2D eigenvalue weighted by Crippen LogP contribution is 2.12. The van der Waals surface area contributed by atoms with Gasteiger partial charge in [-0.3, -0.25) is 0 Å². The van der Waals surface area contributed by atoms with Crippen LogP contribution < -0.4 is 11.1 Å². The van der Waals surface area contributed by atoms with Crippen LogP contribution in [-0.4, -0.2) is 31.0 Å². The number of rotatable bonds is 9. The van der Waals surface area contributed by atoms with Crippen molar-refractivity contribution in [2.75, 3.05) is 14.1 Å². The number of hydrogen-bond donors (Lipinski definition) is 2. The van der Waals surface area contributed by atoms with Gasteiger partial charge in [0.1, 0.15) is 0 Å². The molecule has 4 heteroatoms. The van der Waals surface area contributed by atoms with Crippen LogP contribution in [0.25, 0.3) is 0 Å². The molecule has 0 radical (unpaired) electrons. The Hall–Kier alpha value is -1.55. The molecule has 0 spiro atoms. The van der Waals surface area contributed by atoms with Gasteiger partial charge in [-0.15, -0.1) is 0 Å². The Morgan fingerprint density at radius 1 is 1.13 bits per heavy atom. The zero-order valence-electron chi connectivity index (χ0n) is 15.5. The molecule has 0 saturated heterocycles. The summed E-state index contributed by atoms with van der Waals surface area (Å²) in [6, 6.07) is 8.78. The lowest BCUT2D eigenvalue weighted by Crippen LogP contribution is -2.38. The number of benzene rings is 1. The van der Waals surface area contributed by atoms with E-state index in [0.29, 0.717) is 18.5 Å². The van der Waals surface area contributed by atoms with Crippen LogP contribution in [0, 0.1) is 5.92 Å². The van der Waals surface area contributed by atoms with Crippen molar-refractivity contribution in [1.29, 1.82) is 0 Å². The highest BCUT2D eigenvalue weighted by atomic mass is 15.1. The molecule has 0 fully saturated rings. The molecule has 0 aliphatic heterocycles. The minimum atomic E-state index is 0.370. The van der Waals surface area contributed by atoms with Crippen LogP contribution in [0.4, 0.5) is 0 Å². The molecule has 0 aromatic heterocycles. The fourth-order valence-electron chi connectivity index (χ4n) is 2.58. The maximum Gasteiger partial charge on any atom is 0.189 e. The maximum atomic E-state index is 6.03. The predicted molar refractivity (Wildman–Crippen MR) is 100 cm³/mol. The van der Waals surface area contributed by atoms with E-state index in [4.69, 9.17) is 5.73 Å². The van der Waals surface area contributed by atoms with Gasteiger partial charge in [0.2, 0.25) is 0 Å². The fraction of sp³-hybridized carbons (Fsp3) is 0.632. The van der Waals surface area contributed by atoms with Crippen LogP contribution in [0.3, 0.4) is 0 Å². The first-order chi connectivity index (χ1) is 10.9. The number of guanidine groups is 1. The highest BCUT2D eigenvalue weighted by Gasteiger charge is 2.05. The Balaban J connectivity index is 2.50. The molecule has 0 saturated carbocycles. The molecule has 1 aromatic rings. The summed E-state index contributed by atoms with van der Waals surface area (Å²) in [4.78, 5) is 6.68. The lowest BCUT2D eigenvalue weighted by atomic mass is 10.0. The van der Waals surface area contributed by atoms with Crippen molar-refractivity contribution in [1.82, 2.24) is 10.2 Å². The lowest BCUT2D eigenvalue weighted by molar-refractivity contribution is 0.401. The van der Waals surface area contributed by atoms with Gasteiger partial charge in [0.05, 0.1) is 6.54 Å². The lowest BCUT2D eigenvalue weighted by Gasteiger charge is -2.16. The summed E-state index contributed by atoms with van der Waals surface area (Å²) in [7, 11) is 4.16. The minimum absolute atomic E-state index is 0.370. The number of nitrogens with zero attached hydrogens (tertiary/aromatic N) is 2. The van der Waals surface area contributed by atoms with E-state index in [9.17, 15) is 0 Å². The van der Waals surface area contributed by atoms with Gasteiger partial charge in [0.25, 0.3) is 0 Å². The molecular weight excluding hydrogens is 284 g/mol. The van der Waals surface area contributed by atoms with Crippen molar-refractivity contribution < 1.29 is 0 Å². The number of hydrogen-bond acceptors (Lipinski definition) is 2. The van der Waals surface area contributed by atoms with Crippen molar-refractivity contribution in [3.63, 3.8) is 0 Å². The zero-order chi connectivity index (χ0) is 17.2. The molecule has 0 aliphatic carbocycles. The summed E-state index contributed by atoms with van der Waals surface area (Å²) in [5.41, 5.74) is 8.57. The monoisotopic (exact) mass is 318 g/mol. The van der Waals surface area contributed by atoms with Gasteiger partial charge < -0.3 is 16.0 Å². The average molecular weight is 319 g/mol. The van der Waals surface area contributed by atoms with Gasteiger partial charge in [-0.25, -0.2) is 4.99 Å². The molecule has 0 bridgehead atoms. The van der Waals surface area contributed by atoms with Crippen LogP contribution >= 0.6 is 0 Å². The third-order valence-electron chi connectivity index (χ3n) is 3.84. The topological polar surface area (TPSA) is 53.6 Å². The molecule has 4 nitrogen and oxygen atoms in total. The largest absolute Gasteiger partial charge is 0.370 e. The number of nitrogens with one attached hydrogen (secondary N) is 1. The van der Waals surface area contributed by atoms with E-state index in [1.165, 1.54) is 24.0 Å². The first-order valence-electron chi connectivity index (χ1n) is 8.66. The van der Waals surface area contributed by atoms with Crippen molar-refractivity contribution in [3.8, 4) is 0 Å². The van der Waals surface area contributed by atoms with Crippen LogP contribution in [-0.2, 0) is 13.1 Å². The second-order valence-electron chi connectivity index (χ2n) is 7.08. The predicted octanol–water partition coefficient (Wildman–Crippen LogP) is 3.37. The average Bonchev–Trinajstić information content (AvgIpc) is 2.45. The Morgan fingerprint density at radius 3 is 2.39 bits per heavy atom. The summed E-state index contributed by atoms with van der Waals surface area (Å²) >= 11 is 0. The molecule has 0 aliphatic rings. The quantitative estimate of drug-likeness (QED) is 0.542. The van der Waals surface area contributed by atoms with Gasteiger partial charge in [0.15, 0.2) is 5.96 Å². The molecule has 0 heterocycles.